The van der Waals surface area contributed by atoms with Gasteiger partial charge in [-0.1, -0.05) is 0 Å². The molecule has 0 aliphatic carbocycles. The van der Waals surface area contributed by atoms with Crippen molar-refractivity contribution in [2.45, 2.75) is 25.8 Å². The van der Waals surface area contributed by atoms with Crippen LogP contribution in [0, 0.1) is 24.4 Å². The monoisotopic (exact) mass is 447 g/mol. The van der Waals surface area contributed by atoms with Gasteiger partial charge in [0.15, 0.2) is 17.5 Å². The van der Waals surface area contributed by atoms with Crippen molar-refractivity contribution in [2.75, 3.05) is 49.2 Å². The highest BCUT2D eigenvalue weighted by Crippen LogP contribution is 2.29. The number of ether oxygens (including phenoxy) is 1. The van der Waals surface area contributed by atoms with Gasteiger partial charge in [0.25, 0.3) is 0 Å². The van der Waals surface area contributed by atoms with E-state index in [0.717, 1.165) is 32.0 Å². The Kier molecular flexibility index (Phi) is 5.38. The molecule has 0 bridgehead atoms. The molecule has 0 saturated carbocycles. The number of aryl methyl sites for hydroxylation is 1. The van der Waals surface area contributed by atoms with E-state index in [2.05, 4.69) is 14.8 Å². The normalized spacial score (nSPS) is 18.0. The van der Waals surface area contributed by atoms with Crippen molar-refractivity contribution < 1.29 is 17.9 Å². The van der Waals surface area contributed by atoms with Crippen molar-refractivity contribution >= 4 is 22.7 Å². The van der Waals surface area contributed by atoms with Crippen molar-refractivity contribution in [1.29, 1.82) is 0 Å². The molecule has 32 heavy (non-hydrogen) atoms. The minimum atomic E-state index is -1.55. The van der Waals surface area contributed by atoms with Crippen LogP contribution >= 0.6 is 0 Å². The second-order valence-corrected chi connectivity index (χ2v) is 8.16. The number of fused-ring (bicyclic) bond motifs is 1. The van der Waals surface area contributed by atoms with E-state index < -0.39 is 17.5 Å². The van der Waals surface area contributed by atoms with Gasteiger partial charge in [-0.15, -0.1) is 0 Å². The Balaban J connectivity index is 1.66. The molecule has 2 saturated heterocycles. The average Bonchev–Trinajstić information content (AvgIpc) is 3.14. The van der Waals surface area contributed by atoms with Crippen LogP contribution in [0.1, 0.15) is 18.7 Å². The van der Waals surface area contributed by atoms with Crippen molar-refractivity contribution in [3.05, 3.63) is 35.4 Å². The Morgan fingerprint density at radius 1 is 0.906 bits per heavy atom. The maximum absolute atomic E-state index is 14.4. The number of imidazole rings is 1. The van der Waals surface area contributed by atoms with Crippen molar-refractivity contribution in [2.24, 2.45) is 5.73 Å². The number of nitrogens with zero attached hydrogens (tertiary/aromatic N) is 6. The van der Waals surface area contributed by atoms with Crippen LogP contribution in [0.2, 0.25) is 0 Å². The molecule has 0 atom stereocenters. The zero-order valence-electron chi connectivity index (χ0n) is 17.7. The molecule has 0 unspecified atom stereocenters. The van der Waals surface area contributed by atoms with Crippen LogP contribution < -0.4 is 15.5 Å². The summed E-state index contributed by atoms with van der Waals surface area (Å²) in [5.41, 5.74) is 5.87. The average molecular weight is 447 g/mol. The molecular weight excluding hydrogens is 423 g/mol. The van der Waals surface area contributed by atoms with E-state index in [1.165, 1.54) is 4.57 Å². The first-order chi connectivity index (χ1) is 15.4. The van der Waals surface area contributed by atoms with Gasteiger partial charge in [-0.3, -0.25) is 4.57 Å². The third-order valence-corrected chi connectivity index (χ3v) is 6.04. The summed E-state index contributed by atoms with van der Waals surface area (Å²) in [7, 11) is 0. The lowest BCUT2D eigenvalue weighted by molar-refractivity contribution is 0.122. The van der Waals surface area contributed by atoms with Crippen molar-refractivity contribution in [3.63, 3.8) is 0 Å². The molecule has 2 fully saturated rings. The van der Waals surface area contributed by atoms with Gasteiger partial charge in [0.2, 0.25) is 5.95 Å². The highest BCUT2D eigenvalue weighted by Gasteiger charge is 2.25. The van der Waals surface area contributed by atoms with Gasteiger partial charge in [0, 0.05) is 44.4 Å². The Morgan fingerprint density at radius 2 is 1.53 bits per heavy atom. The molecule has 2 aliphatic rings. The standard InChI is InChI=1S/C21H24F3N7O/c1-12-26-20-15(10-14(22)18(23)19(20)24)31(12)21-27-16(29-4-2-13(25)3-5-29)11-17(28-21)30-6-8-32-9-7-30/h10-11,13H,2-9,25H2,1H3. The van der Waals surface area contributed by atoms with Crippen LogP contribution in [0.3, 0.4) is 0 Å². The predicted octanol–water partition coefficient (Wildman–Crippen LogP) is 2.31. The summed E-state index contributed by atoms with van der Waals surface area (Å²) in [6, 6.07) is 3.01. The maximum Gasteiger partial charge on any atom is 0.239 e. The fourth-order valence-corrected chi connectivity index (χ4v) is 4.24. The first-order valence-corrected chi connectivity index (χ1v) is 10.7. The number of anilines is 2. The van der Waals surface area contributed by atoms with Gasteiger partial charge in [-0.05, 0) is 19.8 Å². The summed E-state index contributed by atoms with van der Waals surface area (Å²) in [5.74, 6) is -2.21. The van der Waals surface area contributed by atoms with Crippen LogP contribution in [-0.2, 0) is 4.74 Å². The molecule has 0 radical (unpaired) electrons. The zero-order chi connectivity index (χ0) is 22.4. The molecule has 11 heteroatoms. The van der Waals surface area contributed by atoms with Gasteiger partial charge in [0.05, 0.1) is 18.7 Å². The lowest BCUT2D eigenvalue weighted by atomic mass is 10.1. The van der Waals surface area contributed by atoms with Crippen molar-refractivity contribution in [3.8, 4) is 5.95 Å². The molecule has 4 heterocycles. The van der Waals surface area contributed by atoms with E-state index in [9.17, 15) is 13.2 Å². The molecule has 5 rings (SSSR count). The van der Waals surface area contributed by atoms with Crippen LogP contribution in [0.5, 0.6) is 0 Å². The zero-order valence-corrected chi connectivity index (χ0v) is 17.7. The molecule has 8 nitrogen and oxygen atoms in total. The SMILES string of the molecule is Cc1nc2c(F)c(F)c(F)cc2n1-c1nc(N2CCOCC2)cc(N2CCC(N)CC2)n1. The lowest BCUT2D eigenvalue weighted by Gasteiger charge is -2.33. The molecule has 170 valence electrons. The fraction of sp³-hybridized carbons (Fsp3) is 0.476. The molecule has 1 aromatic carbocycles. The van der Waals surface area contributed by atoms with E-state index >= 15 is 0 Å². The minimum absolute atomic E-state index is 0.0737. The number of aromatic nitrogens is 4. The number of morpholine rings is 1. The Hall–Kier alpha value is -2.92. The number of piperidine rings is 1. The first-order valence-electron chi connectivity index (χ1n) is 10.7. The number of benzene rings is 1. The second-order valence-electron chi connectivity index (χ2n) is 8.16. The van der Waals surface area contributed by atoms with Gasteiger partial charge < -0.3 is 20.3 Å². The fourth-order valence-electron chi connectivity index (χ4n) is 4.24. The molecule has 3 aromatic rings. The Labute approximate surface area is 182 Å². The lowest BCUT2D eigenvalue weighted by Crippen LogP contribution is -2.41. The Bertz CT molecular complexity index is 1150. The molecule has 2 aliphatic heterocycles. The van der Waals surface area contributed by atoms with E-state index in [-0.39, 0.29) is 23.0 Å². The summed E-state index contributed by atoms with van der Waals surface area (Å²) in [6.07, 6.45) is 1.68. The quantitative estimate of drug-likeness (QED) is 0.617. The highest BCUT2D eigenvalue weighted by molar-refractivity contribution is 5.79. The predicted molar refractivity (Wildman–Crippen MR) is 114 cm³/mol. The van der Waals surface area contributed by atoms with Crippen LogP contribution in [-0.4, -0.2) is 65.0 Å². The molecular formula is C21H24F3N7O. The number of hydrogen-bond donors (Lipinski definition) is 1. The summed E-state index contributed by atoms with van der Waals surface area (Å²) < 4.78 is 49.1. The van der Waals surface area contributed by atoms with Gasteiger partial charge >= 0.3 is 0 Å². The van der Waals surface area contributed by atoms with E-state index in [1.54, 1.807) is 6.92 Å². The van der Waals surface area contributed by atoms with Gasteiger partial charge in [-0.25, -0.2) is 18.2 Å². The minimum Gasteiger partial charge on any atom is -0.378 e. The van der Waals surface area contributed by atoms with Crippen molar-refractivity contribution in [1.82, 2.24) is 19.5 Å². The summed E-state index contributed by atoms with van der Waals surface area (Å²) >= 11 is 0. The third-order valence-electron chi connectivity index (χ3n) is 6.04. The largest absolute Gasteiger partial charge is 0.378 e. The number of hydrogen-bond acceptors (Lipinski definition) is 7. The summed E-state index contributed by atoms with van der Waals surface area (Å²) in [6.45, 7) is 5.61. The third kappa shape index (κ3) is 3.65. The number of rotatable bonds is 3. The van der Waals surface area contributed by atoms with Gasteiger partial charge in [0.1, 0.15) is 23.0 Å². The van der Waals surface area contributed by atoms with E-state index in [0.29, 0.717) is 43.8 Å². The smallest absolute Gasteiger partial charge is 0.239 e. The number of halogens is 3. The summed E-state index contributed by atoms with van der Waals surface area (Å²) in [5, 5.41) is 0. The first kappa shape index (κ1) is 21.0. The van der Waals surface area contributed by atoms with E-state index in [4.69, 9.17) is 20.4 Å². The van der Waals surface area contributed by atoms with Crippen LogP contribution in [0.4, 0.5) is 24.8 Å². The maximum atomic E-state index is 14.4. The highest BCUT2D eigenvalue weighted by atomic mass is 19.2. The molecule has 2 aromatic heterocycles. The van der Waals surface area contributed by atoms with Crippen LogP contribution in [0.25, 0.3) is 17.0 Å². The van der Waals surface area contributed by atoms with E-state index in [1.807, 2.05) is 6.07 Å². The topological polar surface area (TPSA) is 85.3 Å². The number of nitrogens with two attached hydrogens (primary N) is 1. The molecule has 0 spiro atoms. The second kappa shape index (κ2) is 8.21. The van der Waals surface area contributed by atoms with Gasteiger partial charge in [-0.2, -0.15) is 9.97 Å². The Morgan fingerprint density at radius 3 is 2.19 bits per heavy atom. The van der Waals surface area contributed by atoms with Crippen LogP contribution in [0.15, 0.2) is 12.1 Å². The summed E-state index contributed by atoms with van der Waals surface area (Å²) in [4.78, 5) is 17.7. The molecule has 0 amide bonds. The molecule has 2 N–H and O–H groups in total.